The van der Waals surface area contributed by atoms with Crippen LogP contribution in [0.2, 0.25) is 0 Å². The summed E-state index contributed by atoms with van der Waals surface area (Å²) < 4.78 is 0. The van der Waals surface area contributed by atoms with E-state index in [1.807, 2.05) is 0 Å². The minimum Gasteiger partial charge on any atom is -0.345 e. The molecule has 18 heavy (non-hydrogen) atoms. The predicted molar refractivity (Wildman–Crippen MR) is 76.9 cm³/mol. The predicted octanol–water partition coefficient (Wildman–Crippen LogP) is 3.85. The fourth-order valence-electron chi connectivity index (χ4n) is 2.72. The zero-order valence-electron chi connectivity index (χ0n) is 11.5. The number of anilines is 1. The summed E-state index contributed by atoms with van der Waals surface area (Å²) in [4.78, 5) is 19.0. The first-order chi connectivity index (χ1) is 8.67. The van der Waals surface area contributed by atoms with Gasteiger partial charge in [0.1, 0.15) is 0 Å². The van der Waals surface area contributed by atoms with Gasteiger partial charge in [0.2, 0.25) is 0 Å². The molecule has 0 saturated heterocycles. The molecule has 0 spiro atoms. The molecular formula is C14H22N2OS. The SMILES string of the molecule is CCN(c1nc(C(C)C)c(C=O)s1)C1CCCC1. The minimum absolute atomic E-state index is 0.317. The van der Waals surface area contributed by atoms with Crippen LogP contribution in [-0.2, 0) is 0 Å². The molecule has 100 valence electrons. The lowest BCUT2D eigenvalue weighted by Gasteiger charge is -2.26. The van der Waals surface area contributed by atoms with Gasteiger partial charge in [-0.3, -0.25) is 4.79 Å². The van der Waals surface area contributed by atoms with Gasteiger partial charge in [-0.2, -0.15) is 0 Å². The summed E-state index contributed by atoms with van der Waals surface area (Å²) in [6.07, 6.45) is 6.13. The summed E-state index contributed by atoms with van der Waals surface area (Å²) in [5.74, 6) is 0.317. The average Bonchev–Trinajstić information content (AvgIpc) is 2.98. The van der Waals surface area contributed by atoms with E-state index < -0.39 is 0 Å². The van der Waals surface area contributed by atoms with Gasteiger partial charge in [-0.1, -0.05) is 38.0 Å². The van der Waals surface area contributed by atoms with E-state index in [9.17, 15) is 4.79 Å². The Morgan fingerprint density at radius 1 is 1.44 bits per heavy atom. The molecule has 0 atom stereocenters. The average molecular weight is 266 g/mol. The van der Waals surface area contributed by atoms with Gasteiger partial charge < -0.3 is 4.90 Å². The summed E-state index contributed by atoms with van der Waals surface area (Å²) in [5, 5.41) is 1.04. The van der Waals surface area contributed by atoms with Crippen LogP contribution in [-0.4, -0.2) is 23.9 Å². The lowest BCUT2D eigenvalue weighted by Crippen LogP contribution is -2.32. The first-order valence-corrected chi connectivity index (χ1v) is 7.71. The molecule has 0 aliphatic heterocycles. The van der Waals surface area contributed by atoms with Crippen molar-refractivity contribution in [2.24, 2.45) is 0 Å². The number of rotatable bonds is 5. The van der Waals surface area contributed by atoms with E-state index in [0.29, 0.717) is 12.0 Å². The molecule has 4 heteroatoms. The number of hydrogen-bond acceptors (Lipinski definition) is 4. The van der Waals surface area contributed by atoms with Crippen LogP contribution in [0.25, 0.3) is 0 Å². The van der Waals surface area contributed by atoms with Crippen molar-refractivity contribution in [2.45, 2.75) is 58.4 Å². The van der Waals surface area contributed by atoms with Crippen LogP contribution in [0.15, 0.2) is 0 Å². The van der Waals surface area contributed by atoms with E-state index in [1.54, 1.807) is 11.3 Å². The fraction of sp³-hybridized carbons (Fsp3) is 0.714. The van der Waals surface area contributed by atoms with Crippen molar-refractivity contribution in [3.8, 4) is 0 Å². The second kappa shape index (κ2) is 5.83. The quantitative estimate of drug-likeness (QED) is 0.759. The highest BCUT2D eigenvalue weighted by atomic mass is 32.1. The fourth-order valence-corrected chi connectivity index (χ4v) is 3.89. The third-order valence-corrected chi connectivity index (χ3v) is 4.71. The molecule has 0 unspecified atom stereocenters. The number of thiazole rings is 1. The number of aromatic nitrogens is 1. The van der Waals surface area contributed by atoms with Crippen molar-refractivity contribution >= 4 is 22.8 Å². The van der Waals surface area contributed by atoms with Crippen molar-refractivity contribution in [2.75, 3.05) is 11.4 Å². The summed E-state index contributed by atoms with van der Waals surface area (Å²) in [7, 11) is 0. The summed E-state index contributed by atoms with van der Waals surface area (Å²) in [5.41, 5.74) is 0.960. The molecule has 1 aromatic heterocycles. The Labute approximate surface area is 113 Å². The first-order valence-electron chi connectivity index (χ1n) is 6.89. The molecule has 3 nitrogen and oxygen atoms in total. The maximum absolute atomic E-state index is 11.1. The van der Waals surface area contributed by atoms with Gasteiger partial charge in [-0.25, -0.2) is 4.98 Å². The van der Waals surface area contributed by atoms with Crippen LogP contribution >= 0.6 is 11.3 Å². The van der Waals surface area contributed by atoms with Gasteiger partial charge in [0.25, 0.3) is 0 Å². The maximum Gasteiger partial charge on any atom is 0.186 e. The third-order valence-electron chi connectivity index (χ3n) is 3.68. The number of carbonyl (C=O) groups is 1. The Balaban J connectivity index is 2.27. The zero-order chi connectivity index (χ0) is 13.1. The molecule has 0 amide bonds. The Bertz CT molecular complexity index is 408. The zero-order valence-corrected chi connectivity index (χ0v) is 12.3. The van der Waals surface area contributed by atoms with Crippen molar-refractivity contribution in [3.05, 3.63) is 10.6 Å². The van der Waals surface area contributed by atoms with E-state index >= 15 is 0 Å². The first kappa shape index (κ1) is 13.5. The van der Waals surface area contributed by atoms with Crippen molar-refractivity contribution in [1.29, 1.82) is 0 Å². The van der Waals surface area contributed by atoms with Gasteiger partial charge in [-0.05, 0) is 25.7 Å². The van der Waals surface area contributed by atoms with Crippen LogP contribution in [0, 0.1) is 0 Å². The molecule has 1 aliphatic carbocycles. The normalized spacial score (nSPS) is 16.4. The van der Waals surface area contributed by atoms with Gasteiger partial charge in [0.05, 0.1) is 10.6 Å². The minimum atomic E-state index is 0.317. The van der Waals surface area contributed by atoms with Crippen molar-refractivity contribution in [3.63, 3.8) is 0 Å². The molecule has 1 heterocycles. The molecule has 1 aromatic rings. The third kappa shape index (κ3) is 2.58. The second-order valence-electron chi connectivity index (χ2n) is 5.24. The van der Waals surface area contributed by atoms with Crippen LogP contribution < -0.4 is 4.90 Å². The molecular weight excluding hydrogens is 244 g/mol. The summed E-state index contributed by atoms with van der Waals surface area (Å²) in [6.45, 7) is 7.35. The Hall–Kier alpha value is -0.900. The molecule has 1 aliphatic rings. The molecule has 0 bridgehead atoms. The summed E-state index contributed by atoms with van der Waals surface area (Å²) in [6, 6.07) is 0.626. The van der Waals surface area contributed by atoms with E-state index in [1.165, 1.54) is 25.7 Å². The molecule has 0 N–H and O–H groups in total. The van der Waals surface area contributed by atoms with E-state index in [0.717, 1.165) is 28.5 Å². The van der Waals surface area contributed by atoms with Crippen LogP contribution in [0.5, 0.6) is 0 Å². The van der Waals surface area contributed by atoms with Crippen LogP contribution in [0.1, 0.15) is 67.7 Å². The Morgan fingerprint density at radius 2 is 2.11 bits per heavy atom. The number of aldehydes is 1. The van der Waals surface area contributed by atoms with Gasteiger partial charge in [0, 0.05) is 12.6 Å². The lowest BCUT2D eigenvalue weighted by molar-refractivity contribution is 0.112. The monoisotopic (exact) mass is 266 g/mol. The standard InChI is InChI=1S/C14H22N2OS/c1-4-16(11-7-5-6-8-11)14-15-13(10(2)3)12(9-17)18-14/h9-11H,4-8H2,1-3H3. The number of carbonyl (C=O) groups excluding carboxylic acids is 1. The van der Waals surface area contributed by atoms with Gasteiger partial charge in [-0.15, -0.1) is 0 Å². The number of nitrogens with zero attached hydrogens (tertiary/aromatic N) is 2. The number of hydrogen-bond donors (Lipinski definition) is 0. The molecule has 1 fully saturated rings. The highest BCUT2D eigenvalue weighted by molar-refractivity contribution is 7.17. The smallest absolute Gasteiger partial charge is 0.186 e. The molecule has 2 rings (SSSR count). The largest absolute Gasteiger partial charge is 0.345 e. The van der Waals surface area contributed by atoms with Gasteiger partial charge in [0.15, 0.2) is 11.4 Å². The van der Waals surface area contributed by atoms with Crippen LogP contribution in [0.3, 0.4) is 0 Å². The second-order valence-corrected chi connectivity index (χ2v) is 6.25. The molecule has 0 radical (unpaired) electrons. The maximum atomic E-state index is 11.1. The summed E-state index contributed by atoms with van der Waals surface area (Å²) >= 11 is 1.55. The highest BCUT2D eigenvalue weighted by Gasteiger charge is 2.25. The van der Waals surface area contributed by atoms with Crippen molar-refractivity contribution < 1.29 is 4.79 Å². The van der Waals surface area contributed by atoms with E-state index in [2.05, 4.69) is 25.7 Å². The Morgan fingerprint density at radius 3 is 2.56 bits per heavy atom. The Kier molecular flexibility index (Phi) is 4.38. The topological polar surface area (TPSA) is 33.2 Å². The van der Waals surface area contributed by atoms with Gasteiger partial charge >= 0.3 is 0 Å². The van der Waals surface area contributed by atoms with E-state index in [-0.39, 0.29) is 0 Å². The van der Waals surface area contributed by atoms with Crippen molar-refractivity contribution in [1.82, 2.24) is 4.98 Å². The lowest BCUT2D eigenvalue weighted by atomic mass is 10.1. The highest BCUT2D eigenvalue weighted by Crippen LogP contribution is 2.34. The van der Waals surface area contributed by atoms with E-state index in [4.69, 9.17) is 4.98 Å². The molecule has 0 aromatic carbocycles. The van der Waals surface area contributed by atoms with Crippen LogP contribution in [0.4, 0.5) is 5.13 Å². The molecule has 1 saturated carbocycles.